The van der Waals surface area contributed by atoms with Gasteiger partial charge in [0.1, 0.15) is 6.04 Å². The van der Waals surface area contributed by atoms with Gasteiger partial charge in [-0.3, -0.25) is 9.10 Å². The molecule has 1 aliphatic heterocycles. The van der Waals surface area contributed by atoms with Crippen molar-refractivity contribution >= 4 is 27.5 Å². The zero-order valence-electron chi connectivity index (χ0n) is 22.3. The number of carbonyl (C=O) groups is 1. The fourth-order valence-corrected chi connectivity index (χ4v) is 6.59. The molecule has 0 unspecified atom stereocenters. The molecule has 0 spiro atoms. The molecule has 11 heteroatoms. The fraction of sp³-hybridized carbons (Fsp3) is 0.393. The molecule has 1 amide bonds. The predicted molar refractivity (Wildman–Crippen MR) is 149 cm³/mol. The summed E-state index contributed by atoms with van der Waals surface area (Å²) in [7, 11) is -3.99. The van der Waals surface area contributed by atoms with Crippen LogP contribution in [0.5, 0.6) is 0 Å². The minimum Gasteiger partial charge on any atom is -0.329 e. The molecule has 0 saturated carbocycles. The van der Waals surface area contributed by atoms with Crippen molar-refractivity contribution in [3.8, 4) is 0 Å². The molecule has 2 atom stereocenters. The molecule has 1 aromatic heterocycles. The quantitative estimate of drug-likeness (QED) is 0.447. The molecule has 39 heavy (non-hydrogen) atoms. The Bertz CT molecular complexity index is 1490. The molecule has 5 rings (SSSR count). The molecule has 0 fully saturated rings. The third kappa shape index (κ3) is 6.03. The minimum atomic E-state index is -3.99. The highest BCUT2D eigenvalue weighted by molar-refractivity contribution is 7.89. The van der Waals surface area contributed by atoms with E-state index in [-0.39, 0.29) is 22.9 Å². The smallest absolute Gasteiger partial charge is 0.264 e. The fourth-order valence-electron chi connectivity index (χ4n) is 5.02. The van der Waals surface area contributed by atoms with Gasteiger partial charge in [-0.25, -0.2) is 13.1 Å². The maximum absolute atomic E-state index is 13.4. The van der Waals surface area contributed by atoms with Crippen molar-refractivity contribution < 1.29 is 13.2 Å². The van der Waals surface area contributed by atoms with E-state index in [9.17, 15) is 13.2 Å². The minimum absolute atomic E-state index is 0.0357. The van der Waals surface area contributed by atoms with E-state index in [1.807, 2.05) is 10.9 Å². The molecule has 0 saturated heterocycles. The van der Waals surface area contributed by atoms with Crippen LogP contribution in [0.25, 0.3) is 0 Å². The molecule has 0 bridgehead atoms. The zero-order valence-corrected chi connectivity index (χ0v) is 23.8. The number of sulfonamides is 1. The van der Waals surface area contributed by atoms with Crippen molar-refractivity contribution in [2.24, 2.45) is 0 Å². The van der Waals surface area contributed by atoms with Gasteiger partial charge in [-0.15, -0.1) is 5.10 Å². The lowest BCUT2D eigenvalue weighted by molar-refractivity contribution is -0.124. The number of fused-ring (bicyclic) bond motifs is 1. The van der Waals surface area contributed by atoms with E-state index in [4.69, 9.17) is 11.6 Å². The third-order valence-corrected chi connectivity index (χ3v) is 9.09. The van der Waals surface area contributed by atoms with Gasteiger partial charge in [0.15, 0.2) is 0 Å². The number of nitrogens with zero attached hydrogens (tertiary/aromatic N) is 4. The van der Waals surface area contributed by atoms with Gasteiger partial charge in [0.2, 0.25) is 5.91 Å². The number of amides is 1. The van der Waals surface area contributed by atoms with Crippen LogP contribution in [0.15, 0.2) is 66.0 Å². The number of hydrogen-bond donors (Lipinski definition) is 2. The van der Waals surface area contributed by atoms with Crippen LogP contribution in [0, 0.1) is 0 Å². The van der Waals surface area contributed by atoms with Crippen LogP contribution in [0.4, 0.5) is 0 Å². The predicted octanol–water partition coefficient (Wildman–Crippen LogP) is 3.95. The summed E-state index contributed by atoms with van der Waals surface area (Å²) in [6, 6.07) is 11.5. The lowest BCUT2D eigenvalue weighted by Gasteiger charge is -2.31. The first kappa shape index (κ1) is 27.4. The van der Waals surface area contributed by atoms with E-state index < -0.39 is 22.0 Å². The molecule has 9 nitrogen and oxygen atoms in total. The molecule has 206 valence electrons. The number of hydrogen-bond acceptors (Lipinski definition) is 6. The van der Waals surface area contributed by atoms with Gasteiger partial charge in [0.25, 0.3) is 10.0 Å². The van der Waals surface area contributed by atoms with E-state index in [1.165, 1.54) is 53.4 Å². The van der Waals surface area contributed by atoms with E-state index in [2.05, 4.69) is 59.9 Å². The van der Waals surface area contributed by atoms with E-state index in [0.29, 0.717) is 10.7 Å². The Labute approximate surface area is 234 Å². The summed E-state index contributed by atoms with van der Waals surface area (Å²) in [5.41, 5.74) is 4.38. The molecule has 2 aromatic carbocycles. The highest BCUT2D eigenvalue weighted by atomic mass is 35.5. The summed E-state index contributed by atoms with van der Waals surface area (Å²) >= 11 is 5.94. The van der Waals surface area contributed by atoms with Gasteiger partial charge in [-0.2, -0.15) is 0 Å². The third-order valence-electron chi connectivity index (χ3n) is 7.04. The summed E-state index contributed by atoms with van der Waals surface area (Å²) in [6.07, 6.45) is 7.58. The molecule has 2 heterocycles. The summed E-state index contributed by atoms with van der Waals surface area (Å²) in [5.74, 6) is -0.427. The largest absolute Gasteiger partial charge is 0.329 e. The normalized spacial score (nSPS) is 19.6. The summed E-state index contributed by atoms with van der Waals surface area (Å²) < 4.78 is 29.7. The van der Waals surface area contributed by atoms with Crippen LogP contribution in [0.1, 0.15) is 62.0 Å². The number of nitrogens with one attached hydrogen (secondary N) is 2. The first-order valence-corrected chi connectivity index (χ1v) is 14.9. The van der Waals surface area contributed by atoms with Crippen LogP contribution < -0.4 is 10.6 Å². The maximum Gasteiger partial charge on any atom is 0.264 e. The number of benzene rings is 2. The zero-order chi connectivity index (χ0) is 27.8. The Morgan fingerprint density at radius 1 is 1.15 bits per heavy atom. The highest BCUT2D eigenvalue weighted by Crippen LogP contribution is 2.33. The number of carbonyl (C=O) groups excluding carboxylic acids is 1. The standard InChI is InChI=1S/C28H33ClN6O3S/c1-28(2,3)31-17-19-7-12-24-20(15-19)5-4-6-25(24)34-18-22(32-33-34)16-26-27(36)30-13-14-35(26)39(37,38)23-10-8-21(29)9-11-23/h7-15,18,25-26,31H,4-6,16-17H2,1-3H3,(H,30,36)/t25-,26-/m1/s1. The molecule has 0 radical (unpaired) electrons. The second-order valence-corrected chi connectivity index (χ2v) is 13.3. The highest BCUT2D eigenvalue weighted by Gasteiger charge is 2.36. The number of aryl methyl sites for hydroxylation is 1. The van der Waals surface area contributed by atoms with Crippen molar-refractivity contribution in [3.63, 3.8) is 0 Å². The van der Waals surface area contributed by atoms with Crippen LogP contribution in [0.2, 0.25) is 5.02 Å². The molecular weight excluding hydrogens is 536 g/mol. The Morgan fingerprint density at radius 2 is 1.92 bits per heavy atom. The molecule has 1 aliphatic carbocycles. The molecular formula is C28H33ClN6O3S. The Balaban J connectivity index is 1.36. The van der Waals surface area contributed by atoms with Gasteiger partial charge >= 0.3 is 0 Å². The maximum atomic E-state index is 13.4. The van der Waals surface area contributed by atoms with E-state index in [0.717, 1.165) is 30.1 Å². The van der Waals surface area contributed by atoms with Gasteiger partial charge in [0, 0.05) is 42.1 Å². The number of rotatable bonds is 7. The van der Waals surface area contributed by atoms with Crippen LogP contribution in [0.3, 0.4) is 0 Å². The average Bonchev–Trinajstić information content (AvgIpc) is 3.36. The molecule has 2 N–H and O–H groups in total. The SMILES string of the molecule is CC(C)(C)NCc1ccc2c(c1)CCC[C@H]2n1cc(C[C@@H]2C(=O)NC=CN2S(=O)(=O)c2ccc(Cl)cc2)nn1. The second-order valence-electron chi connectivity index (χ2n) is 11.1. The summed E-state index contributed by atoms with van der Waals surface area (Å²) in [4.78, 5) is 12.9. The molecule has 2 aliphatic rings. The van der Waals surface area contributed by atoms with Gasteiger partial charge in [-0.05, 0) is 81.0 Å². The average molecular weight is 569 g/mol. The second kappa shape index (κ2) is 10.7. The summed E-state index contributed by atoms with van der Waals surface area (Å²) in [6.45, 7) is 7.28. The molecule has 3 aromatic rings. The van der Waals surface area contributed by atoms with Crippen molar-refractivity contribution in [1.82, 2.24) is 29.9 Å². The Hall–Kier alpha value is -3.21. The summed E-state index contributed by atoms with van der Waals surface area (Å²) in [5, 5.41) is 15.3. The van der Waals surface area contributed by atoms with Gasteiger partial charge in [-0.1, -0.05) is 35.0 Å². The van der Waals surface area contributed by atoms with Crippen molar-refractivity contribution in [2.45, 2.75) is 75.5 Å². The lowest BCUT2D eigenvalue weighted by Crippen LogP contribution is -2.50. The monoisotopic (exact) mass is 568 g/mol. The van der Waals surface area contributed by atoms with Gasteiger partial charge < -0.3 is 10.6 Å². The first-order valence-electron chi connectivity index (χ1n) is 13.0. The lowest BCUT2D eigenvalue weighted by atomic mass is 9.86. The topological polar surface area (TPSA) is 109 Å². The van der Waals surface area contributed by atoms with Gasteiger partial charge in [0.05, 0.1) is 16.6 Å². The number of halogens is 1. The van der Waals surface area contributed by atoms with E-state index in [1.54, 1.807) is 0 Å². The number of aromatic nitrogens is 3. The van der Waals surface area contributed by atoms with Crippen LogP contribution in [-0.4, -0.2) is 45.2 Å². The van der Waals surface area contributed by atoms with Crippen molar-refractivity contribution in [1.29, 1.82) is 0 Å². The van der Waals surface area contributed by atoms with Crippen molar-refractivity contribution in [3.05, 3.63) is 88.5 Å². The Morgan fingerprint density at radius 3 is 2.67 bits per heavy atom. The van der Waals surface area contributed by atoms with Crippen LogP contribution in [-0.2, 0) is 34.2 Å². The van der Waals surface area contributed by atoms with Crippen molar-refractivity contribution in [2.75, 3.05) is 0 Å². The Kier molecular flexibility index (Phi) is 7.54. The van der Waals surface area contributed by atoms with E-state index >= 15 is 0 Å². The van der Waals surface area contributed by atoms with Crippen LogP contribution >= 0.6 is 11.6 Å². The first-order chi connectivity index (χ1) is 18.5.